The van der Waals surface area contributed by atoms with Crippen LogP contribution in [0.4, 0.5) is 24.5 Å². The zero-order valence-corrected chi connectivity index (χ0v) is 28.0. The first-order chi connectivity index (χ1) is 23.8. The van der Waals surface area contributed by atoms with Crippen LogP contribution < -0.4 is 19.8 Å². The Morgan fingerprint density at radius 2 is 1.70 bits per heavy atom. The summed E-state index contributed by atoms with van der Waals surface area (Å²) in [5, 5.41) is 12.0. The Morgan fingerprint density at radius 3 is 2.38 bits per heavy atom. The number of thiazole rings is 1. The van der Waals surface area contributed by atoms with Crippen LogP contribution in [0.5, 0.6) is 11.5 Å². The van der Waals surface area contributed by atoms with Crippen molar-refractivity contribution in [3.05, 3.63) is 98.0 Å². The van der Waals surface area contributed by atoms with Crippen molar-refractivity contribution in [3.63, 3.8) is 0 Å². The summed E-state index contributed by atoms with van der Waals surface area (Å²) in [7, 11) is 0. The van der Waals surface area contributed by atoms with E-state index >= 15 is 0 Å². The first kappa shape index (κ1) is 34.8. The normalized spacial score (nSPS) is 18.4. The number of anilines is 2. The van der Waals surface area contributed by atoms with E-state index in [1.165, 1.54) is 42.5 Å². The van der Waals surface area contributed by atoms with Crippen LogP contribution in [0.1, 0.15) is 46.1 Å². The summed E-state index contributed by atoms with van der Waals surface area (Å²) in [4.78, 5) is 67.8. The number of phenols is 1. The lowest BCUT2D eigenvalue weighted by molar-refractivity contribution is -0.137. The summed E-state index contributed by atoms with van der Waals surface area (Å²) in [5.41, 5.74) is -0.188. The fraction of sp³-hybridized carbons (Fsp3) is 0.265. The van der Waals surface area contributed by atoms with Gasteiger partial charge in [-0.15, -0.1) is 0 Å². The standard InChI is InChI=1S/C34H28F3N3O8S2/c1-3-47-23-14-18(10-13-22(23)41)25-26-27(30(44)40(29(26)43)21-11-8-17(9-12-21)32(45)48-4-2)49-31-28(25)50-33(46)39(31)16-24(42)38-20-7-5-6-19(15-20)34(35,36)37/h5-15,25-27,41H,3-4,16H2,1-2H3,(H,38,42)/t25-,26?,27?/m0/s1. The summed E-state index contributed by atoms with van der Waals surface area (Å²) in [6.45, 7) is 3.18. The molecule has 3 aromatic carbocycles. The van der Waals surface area contributed by atoms with Crippen LogP contribution in [0.2, 0.25) is 0 Å². The number of rotatable bonds is 9. The van der Waals surface area contributed by atoms with E-state index in [-0.39, 0.29) is 46.7 Å². The van der Waals surface area contributed by atoms with Gasteiger partial charge in [0.25, 0.3) is 0 Å². The van der Waals surface area contributed by atoms with Gasteiger partial charge < -0.3 is 19.9 Å². The molecule has 0 bridgehead atoms. The molecular formula is C34H28F3N3O8S2. The minimum Gasteiger partial charge on any atom is -0.504 e. The second-order valence-corrected chi connectivity index (χ2v) is 13.4. The number of carbonyl (C=O) groups excluding carboxylic acids is 4. The Hall–Kier alpha value is -5.09. The highest BCUT2D eigenvalue weighted by Crippen LogP contribution is 2.54. The Morgan fingerprint density at radius 1 is 0.960 bits per heavy atom. The van der Waals surface area contributed by atoms with Crippen LogP contribution in [-0.4, -0.2) is 51.8 Å². The lowest BCUT2D eigenvalue weighted by Crippen LogP contribution is -2.33. The Bertz CT molecular complexity index is 2060. The largest absolute Gasteiger partial charge is 0.504 e. The average molecular weight is 728 g/mol. The third-order valence-corrected chi connectivity index (χ3v) is 10.7. The van der Waals surface area contributed by atoms with E-state index in [1.54, 1.807) is 19.9 Å². The van der Waals surface area contributed by atoms with Crippen LogP contribution in [0.15, 0.2) is 76.6 Å². The highest BCUT2D eigenvalue weighted by Gasteiger charge is 2.57. The van der Waals surface area contributed by atoms with Crippen LogP contribution in [0, 0.1) is 5.92 Å². The average Bonchev–Trinajstić information content (AvgIpc) is 3.52. The molecule has 3 amide bonds. The molecule has 1 saturated heterocycles. The van der Waals surface area contributed by atoms with E-state index in [0.29, 0.717) is 10.4 Å². The van der Waals surface area contributed by atoms with Gasteiger partial charge in [0.2, 0.25) is 17.7 Å². The number of halogens is 3. The maximum Gasteiger partial charge on any atom is 0.416 e. The second-order valence-electron chi connectivity index (χ2n) is 11.2. The quantitative estimate of drug-likeness (QED) is 0.165. The van der Waals surface area contributed by atoms with Crippen molar-refractivity contribution < 1.29 is 46.9 Å². The summed E-state index contributed by atoms with van der Waals surface area (Å²) in [6, 6.07) is 14.3. The second kappa shape index (κ2) is 13.7. The predicted molar refractivity (Wildman–Crippen MR) is 178 cm³/mol. The molecule has 3 heterocycles. The van der Waals surface area contributed by atoms with Gasteiger partial charge in [-0.1, -0.05) is 35.2 Å². The van der Waals surface area contributed by atoms with Gasteiger partial charge in [0.1, 0.15) is 11.8 Å². The number of aromatic hydroxyl groups is 1. The summed E-state index contributed by atoms with van der Waals surface area (Å²) in [6.07, 6.45) is -4.63. The maximum absolute atomic E-state index is 14.2. The number of benzene rings is 3. The molecule has 3 atom stereocenters. The van der Waals surface area contributed by atoms with Crippen LogP contribution >= 0.6 is 23.1 Å². The molecule has 1 fully saturated rings. The number of amides is 3. The first-order valence-electron chi connectivity index (χ1n) is 15.3. The van der Waals surface area contributed by atoms with E-state index in [1.807, 2.05) is 0 Å². The highest BCUT2D eigenvalue weighted by atomic mass is 32.2. The van der Waals surface area contributed by atoms with Crippen molar-refractivity contribution >= 4 is 58.2 Å². The number of nitrogens with zero attached hydrogens (tertiary/aromatic N) is 2. The molecule has 0 aliphatic carbocycles. The number of aromatic nitrogens is 1. The minimum atomic E-state index is -4.63. The fourth-order valence-corrected chi connectivity index (χ4v) is 8.72. The Balaban J connectivity index is 1.38. The number of carbonyl (C=O) groups is 4. The molecule has 0 radical (unpaired) electrons. The Kier molecular flexibility index (Phi) is 9.50. The van der Waals surface area contributed by atoms with Gasteiger partial charge in [0, 0.05) is 16.5 Å². The highest BCUT2D eigenvalue weighted by molar-refractivity contribution is 8.00. The number of imide groups is 1. The number of phenolic OH excluding ortho intramolecular Hbond substituents is 1. The Labute approximate surface area is 290 Å². The van der Waals surface area contributed by atoms with Gasteiger partial charge in [-0.05, 0) is 74.0 Å². The van der Waals surface area contributed by atoms with Gasteiger partial charge in [0.15, 0.2) is 11.5 Å². The number of esters is 1. The summed E-state index contributed by atoms with van der Waals surface area (Å²) in [5.74, 6) is -4.45. The van der Waals surface area contributed by atoms with Crippen molar-refractivity contribution in [3.8, 4) is 11.5 Å². The van der Waals surface area contributed by atoms with Gasteiger partial charge in [-0.3, -0.25) is 23.7 Å². The summed E-state index contributed by atoms with van der Waals surface area (Å²) >= 11 is 1.73. The van der Waals surface area contributed by atoms with E-state index in [2.05, 4.69) is 5.32 Å². The molecule has 0 spiro atoms. The van der Waals surface area contributed by atoms with Gasteiger partial charge in [-0.2, -0.15) is 13.2 Å². The van der Waals surface area contributed by atoms with Crippen LogP contribution in [0.3, 0.4) is 0 Å². The van der Waals surface area contributed by atoms with Crippen molar-refractivity contribution in [2.45, 2.75) is 42.8 Å². The SMILES string of the molecule is CCOC(=O)c1ccc(N2C(=O)C3Sc4c(sc(=O)n4CC(=O)Nc4cccc(C(F)(F)F)c4)[C@@H](c4ccc(O)c(OCC)c4)C3C2=O)cc1. The van der Waals surface area contributed by atoms with Gasteiger partial charge in [-0.25, -0.2) is 9.69 Å². The molecule has 50 heavy (non-hydrogen) atoms. The molecule has 260 valence electrons. The molecule has 4 aromatic rings. The van der Waals surface area contributed by atoms with Crippen molar-refractivity contribution in [2.24, 2.45) is 5.92 Å². The monoisotopic (exact) mass is 727 g/mol. The number of hydrogen-bond acceptors (Lipinski definition) is 10. The smallest absolute Gasteiger partial charge is 0.416 e. The number of alkyl halides is 3. The maximum atomic E-state index is 14.2. The summed E-state index contributed by atoms with van der Waals surface area (Å²) < 4.78 is 51.5. The minimum absolute atomic E-state index is 0.122. The van der Waals surface area contributed by atoms with Crippen molar-refractivity contribution in [1.29, 1.82) is 0 Å². The van der Waals surface area contributed by atoms with Crippen LogP contribution in [0.25, 0.3) is 0 Å². The molecule has 2 aliphatic rings. The number of hydrogen-bond donors (Lipinski definition) is 2. The lowest BCUT2D eigenvalue weighted by Gasteiger charge is -2.31. The molecule has 2 unspecified atom stereocenters. The number of thioether (sulfide) groups is 1. The molecule has 6 rings (SSSR count). The number of nitrogens with one attached hydrogen (secondary N) is 1. The predicted octanol–water partition coefficient (Wildman–Crippen LogP) is 5.64. The van der Waals surface area contributed by atoms with Crippen molar-refractivity contribution in [2.75, 3.05) is 23.4 Å². The van der Waals surface area contributed by atoms with Crippen LogP contribution in [-0.2, 0) is 31.8 Å². The fourth-order valence-electron chi connectivity index (χ4n) is 5.94. The lowest BCUT2D eigenvalue weighted by atomic mass is 9.83. The molecule has 1 aromatic heterocycles. The molecule has 2 aliphatic heterocycles. The van der Waals surface area contributed by atoms with Gasteiger partial charge in [0.05, 0.1) is 41.0 Å². The first-order valence-corrected chi connectivity index (χ1v) is 17.0. The third kappa shape index (κ3) is 6.47. The van der Waals surface area contributed by atoms with E-state index < -0.39 is 63.9 Å². The zero-order chi connectivity index (χ0) is 35.9. The third-order valence-electron chi connectivity index (χ3n) is 8.10. The molecule has 2 N–H and O–H groups in total. The molecular weight excluding hydrogens is 700 g/mol. The van der Waals surface area contributed by atoms with E-state index in [9.17, 15) is 42.3 Å². The topological polar surface area (TPSA) is 144 Å². The number of ether oxygens (including phenoxy) is 2. The van der Waals surface area contributed by atoms with Gasteiger partial charge >= 0.3 is 17.0 Å². The van der Waals surface area contributed by atoms with E-state index in [0.717, 1.165) is 50.8 Å². The molecule has 0 saturated carbocycles. The van der Waals surface area contributed by atoms with E-state index in [4.69, 9.17) is 9.47 Å². The number of fused-ring (bicyclic) bond motifs is 2. The molecule has 16 heteroatoms. The zero-order valence-electron chi connectivity index (χ0n) is 26.4. The van der Waals surface area contributed by atoms with Crippen molar-refractivity contribution in [1.82, 2.24) is 4.57 Å². The molecule has 11 nitrogen and oxygen atoms in total.